The Balaban J connectivity index is 1.99. The standard InChI is InChI=1S/C17H28N2O/c1-20-16-11-7-8-14(12-16)13-17(19-18)15-9-5-3-2-4-6-10-15/h7-8,11-12,15,17,19H,2-6,9-10,13,18H2,1H3. The van der Waals surface area contributed by atoms with Gasteiger partial charge in [-0.2, -0.15) is 0 Å². The molecule has 1 fully saturated rings. The lowest BCUT2D eigenvalue weighted by atomic mass is 9.83. The van der Waals surface area contributed by atoms with Crippen LogP contribution in [0.3, 0.4) is 0 Å². The van der Waals surface area contributed by atoms with E-state index in [1.807, 2.05) is 6.07 Å². The molecule has 2 rings (SSSR count). The zero-order valence-corrected chi connectivity index (χ0v) is 12.6. The van der Waals surface area contributed by atoms with Crippen molar-refractivity contribution >= 4 is 0 Å². The summed E-state index contributed by atoms with van der Waals surface area (Å²) in [7, 11) is 1.71. The summed E-state index contributed by atoms with van der Waals surface area (Å²) in [5, 5.41) is 0. The van der Waals surface area contributed by atoms with Crippen molar-refractivity contribution in [2.24, 2.45) is 11.8 Å². The highest BCUT2D eigenvalue weighted by molar-refractivity contribution is 5.29. The van der Waals surface area contributed by atoms with Crippen LogP contribution in [-0.2, 0) is 6.42 Å². The summed E-state index contributed by atoms with van der Waals surface area (Å²) < 4.78 is 5.30. The fourth-order valence-electron chi connectivity index (χ4n) is 3.31. The molecule has 112 valence electrons. The molecular weight excluding hydrogens is 248 g/mol. The normalized spacial score (nSPS) is 19.1. The van der Waals surface area contributed by atoms with Gasteiger partial charge in [-0.1, -0.05) is 44.2 Å². The number of benzene rings is 1. The summed E-state index contributed by atoms with van der Waals surface area (Å²) in [6, 6.07) is 8.70. The monoisotopic (exact) mass is 276 g/mol. The Kier molecular flexibility index (Phi) is 6.34. The number of hydrazine groups is 1. The lowest BCUT2D eigenvalue weighted by molar-refractivity contribution is 0.285. The average molecular weight is 276 g/mol. The lowest BCUT2D eigenvalue weighted by Gasteiger charge is -2.28. The maximum atomic E-state index is 5.83. The summed E-state index contributed by atoms with van der Waals surface area (Å²) >= 11 is 0. The summed E-state index contributed by atoms with van der Waals surface area (Å²) in [6.45, 7) is 0. The van der Waals surface area contributed by atoms with Crippen LogP contribution in [0.4, 0.5) is 0 Å². The molecule has 20 heavy (non-hydrogen) atoms. The van der Waals surface area contributed by atoms with E-state index in [4.69, 9.17) is 10.6 Å². The predicted molar refractivity (Wildman–Crippen MR) is 83.6 cm³/mol. The van der Waals surface area contributed by atoms with Crippen LogP contribution < -0.4 is 16.0 Å². The van der Waals surface area contributed by atoms with Gasteiger partial charge in [-0.25, -0.2) is 0 Å². The van der Waals surface area contributed by atoms with E-state index in [1.54, 1.807) is 7.11 Å². The van der Waals surface area contributed by atoms with Gasteiger partial charge in [-0.05, 0) is 42.9 Å². The highest BCUT2D eigenvalue weighted by Gasteiger charge is 2.21. The molecule has 0 saturated heterocycles. The molecule has 1 aliphatic rings. The topological polar surface area (TPSA) is 47.3 Å². The number of nitrogens with one attached hydrogen (secondary N) is 1. The number of methoxy groups -OCH3 is 1. The van der Waals surface area contributed by atoms with E-state index < -0.39 is 0 Å². The quantitative estimate of drug-likeness (QED) is 0.640. The van der Waals surface area contributed by atoms with E-state index in [-0.39, 0.29) is 0 Å². The Morgan fingerprint density at radius 1 is 1.20 bits per heavy atom. The van der Waals surface area contributed by atoms with Gasteiger partial charge in [0.15, 0.2) is 0 Å². The fourth-order valence-corrected chi connectivity index (χ4v) is 3.31. The number of nitrogens with two attached hydrogens (primary N) is 1. The zero-order chi connectivity index (χ0) is 14.2. The number of rotatable bonds is 5. The van der Waals surface area contributed by atoms with Crippen LogP contribution in [-0.4, -0.2) is 13.2 Å². The molecule has 0 radical (unpaired) electrons. The summed E-state index contributed by atoms with van der Waals surface area (Å²) in [5.41, 5.74) is 4.37. The SMILES string of the molecule is COc1cccc(CC(NN)C2CCCCCCC2)c1. The average Bonchev–Trinajstić information content (AvgIpc) is 2.45. The van der Waals surface area contributed by atoms with Crippen LogP contribution in [0, 0.1) is 5.92 Å². The van der Waals surface area contributed by atoms with Crippen molar-refractivity contribution in [3.63, 3.8) is 0 Å². The predicted octanol–water partition coefficient (Wildman–Crippen LogP) is 3.43. The Bertz CT molecular complexity index is 386. The first-order valence-electron chi connectivity index (χ1n) is 7.92. The van der Waals surface area contributed by atoms with Crippen LogP contribution in [0.5, 0.6) is 5.75 Å². The molecule has 3 nitrogen and oxygen atoms in total. The summed E-state index contributed by atoms with van der Waals surface area (Å²) in [5.74, 6) is 7.46. The van der Waals surface area contributed by atoms with E-state index in [0.717, 1.165) is 12.2 Å². The number of hydrogen-bond donors (Lipinski definition) is 2. The van der Waals surface area contributed by atoms with Gasteiger partial charge < -0.3 is 4.74 Å². The maximum Gasteiger partial charge on any atom is 0.119 e. The molecule has 1 aliphatic carbocycles. The van der Waals surface area contributed by atoms with Crippen molar-refractivity contribution in [2.75, 3.05) is 7.11 Å². The van der Waals surface area contributed by atoms with Crippen molar-refractivity contribution in [3.8, 4) is 5.75 Å². The van der Waals surface area contributed by atoms with Crippen LogP contribution in [0.1, 0.15) is 50.5 Å². The minimum absolute atomic E-state index is 0.375. The molecule has 0 spiro atoms. The van der Waals surface area contributed by atoms with Crippen molar-refractivity contribution in [1.29, 1.82) is 0 Å². The third-order valence-corrected chi connectivity index (χ3v) is 4.52. The second kappa shape index (κ2) is 8.28. The molecule has 0 aliphatic heterocycles. The molecular formula is C17H28N2O. The molecule has 1 unspecified atom stereocenters. The Morgan fingerprint density at radius 2 is 1.90 bits per heavy atom. The minimum Gasteiger partial charge on any atom is -0.497 e. The van der Waals surface area contributed by atoms with Crippen molar-refractivity contribution in [3.05, 3.63) is 29.8 Å². The van der Waals surface area contributed by atoms with Gasteiger partial charge in [-0.15, -0.1) is 0 Å². The molecule has 0 bridgehead atoms. The van der Waals surface area contributed by atoms with Gasteiger partial charge in [0.05, 0.1) is 7.11 Å². The number of hydrogen-bond acceptors (Lipinski definition) is 3. The molecule has 1 aromatic carbocycles. The highest BCUT2D eigenvalue weighted by atomic mass is 16.5. The van der Waals surface area contributed by atoms with Gasteiger partial charge in [0.1, 0.15) is 5.75 Å². The molecule has 0 amide bonds. The van der Waals surface area contributed by atoms with E-state index in [0.29, 0.717) is 12.0 Å². The third kappa shape index (κ3) is 4.50. The number of ether oxygens (including phenoxy) is 1. The first kappa shape index (κ1) is 15.3. The lowest BCUT2D eigenvalue weighted by Crippen LogP contribution is -2.42. The molecule has 0 heterocycles. The van der Waals surface area contributed by atoms with Gasteiger partial charge in [0, 0.05) is 6.04 Å². The smallest absolute Gasteiger partial charge is 0.119 e. The second-order valence-corrected chi connectivity index (χ2v) is 5.93. The molecule has 3 heteroatoms. The third-order valence-electron chi connectivity index (χ3n) is 4.52. The molecule has 0 aromatic heterocycles. The molecule has 1 saturated carbocycles. The molecule has 3 N–H and O–H groups in total. The van der Waals surface area contributed by atoms with Crippen molar-refractivity contribution in [1.82, 2.24) is 5.43 Å². The van der Waals surface area contributed by atoms with E-state index in [9.17, 15) is 0 Å². The Hall–Kier alpha value is -1.06. The fraction of sp³-hybridized carbons (Fsp3) is 0.647. The van der Waals surface area contributed by atoms with E-state index in [2.05, 4.69) is 23.6 Å². The largest absolute Gasteiger partial charge is 0.497 e. The zero-order valence-electron chi connectivity index (χ0n) is 12.6. The Labute approximate surface area is 122 Å². The molecule has 1 aromatic rings. The van der Waals surface area contributed by atoms with Crippen molar-refractivity contribution in [2.45, 2.75) is 57.4 Å². The van der Waals surface area contributed by atoms with Gasteiger partial charge in [0.25, 0.3) is 0 Å². The minimum atomic E-state index is 0.375. The molecule has 1 atom stereocenters. The van der Waals surface area contributed by atoms with Crippen LogP contribution in [0.15, 0.2) is 24.3 Å². The van der Waals surface area contributed by atoms with Crippen LogP contribution in [0.2, 0.25) is 0 Å². The summed E-state index contributed by atoms with van der Waals surface area (Å²) in [6.07, 6.45) is 10.5. The first-order valence-corrected chi connectivity index (χ1v) is 7.92. The van der Waals surface area contributed by atoms with Crippen LogP contribution >= 0.6 is 0 Å². The van der Waals surface area contributed by atoms with Gasteiger partial charge in [0.2, 0.25) is 0 Å². The van der Waals surface area contributed by atoms with Gasteiger partial charge >= 0.3 is 0 Å². The summed E-state index contributed by atoms with van der Waals surface area (Å²) in [4.78, 5) is 0. The maximum absolute atomic E-state index is 5.83. The second-order valence-electron chi connectivity index (χ2n) is 5.93. The van der Waals surface area contributed by atoms with E-state index in [1.165, 1.54) is 50.5 Å². The van der Waals surface area contributed by atoms with Crippen LogP contribution in [0.25, 0.3) is 0 Å². The van der Waals surface area contributed by atoms with Crippen molar-refractivity contribution < 1.29 is 4.74 Å². The van der Waals surface area contributed by atoms with E-state index >= 15 is 0 Å². The first-order chi connectivity index (χ1) is 9.83. The van der Waals surface area contributed by atoms with Gasteiger partial charge in [-0.3, -0.25) is 11.3 Å². The highest BCUT2D eigenvalue weighted by Crippen LogP contribution is 2.26. The Morgan fingerprint density at radius 3 is 2.55 bits per heavy atom.